The van der Waals surface area contributed by atoms with Crippen LogP contribution in [0, 0.1) is 5.82 Å². The summed E-state index contributed by atoms with van der Waals surface area (Å²) in [5.41, 5.74) is -1.24. The monoisotopic (exact) mass is 318 g/mol. The number of nitrogens with zero attached hydrogens (tertiary/aromatic N) is 1. The first-order valence-corrected chi connectivity index (χ1v) is 5.63. The van der Waals surface area contributed by atoms with Crippen LogP contribution in [0.1, 0.15) is 0 Å². The van der Waals surface area contributed by atoms with E-state index in [4.69, 9.17) is 11.6 Å². The molecule has 0 amide bonds. The van der Waals surface area contributed by atoms with E-state index in [1.807, 2.05) is 0 Å². The summed E-state index contributed by atoms with van der Waals surface area (Å²) in [6.07, 6.45) is 0. The first kappa shape index (κ1) is 12.1. The van der Waals surface area contributed by atoms with Crippen LogP contribution >= 0.6 is 27.5 Å². The van der Waals surface area contributed by atoms with Gasteiger partial charge in [-0.2, -0.15) is 0 Å². The van der Waals surface area contributed by atoms with Crippen LogP contribution in [0.15, 0.2) is 38.3 Å². The van der Waals surface area contributed by atoms with Crippen LogP contribution in [-0.4, -0.2) is 9.55 Å². The second kappa shape index (κ2) is 4.46. The minimum Gasteiger partial charge on any atom is -0.297 e. The van der Waals surface area contributed by atoms with E-state index < -0.39 is 17.1 Å². The van der Waals surface area contributed by atoms with Crippen molar-refractivity contribution in [2.45, 2.75) is 0 Å². The number of halogens is 3. The fraction of sp³-hybridized carbons (Fsp3) is 0. The Bertz CT molecular complexity index is 664. The lowest BCUT2D eigenvalue weighted by atomic mass is 10.3. The minimum absolute atomic E-state index is 0.0659. The van der Waals surface area contributed by atoms with E-state index in [9.17, 15) is 14.0 Å². The maximum Gasteiger partial charge on any atom is 0.334 e. The van der Waals surface area contributed by atoms with Crippen molar-refractivity contribution < 1.29 is 4.39 Å². The first-order valence-electron chi connectivity index (χ1n) is 4.46. The van der Waals surface area contributed by atoms with E-state index in [2.05, 4.69) is 20.9 Å². The van der Waals surface area contributed by atoms with Gasteiger partial charge in [0.05, 0.1) is 5.69 Å². The zero-order chi connectivity index (χ0) is 12.6. The number of H-pyrrole nitrogens is 1. The van der Waals surface area contributed by atoms with Crippen LogP contribution in [0.25, 0.3) is 5.69 Å². The molecule has 17 heavy (non-hydrogen) atoms. The molecule has 0 unspecified atom stereocenters. The van der Waals surface area contributed by atoms with Crippen LogP contribution in [0.2, 0.25) is 5.15 Å². The summed E-state index contributed by atoms with van der Waals surface area (Å²) in [5, 5.41) is -0.0659. The SMILES string of the molecule is O=c1cc(Cl)[nH]c(=O)n1-c1cc(F)ccc1Br. The number of rotatable bonds is 1. The lowest BCUT2D eigenvalue weighted by Gasteiger charge is -2.06. The van der Waals surface area contributed by atoms with Crippen molar-refractivity contribution in [1.29, 1.82) is 0 Å². The van der Waals surface area contributed by atoms with Gasteiger partial charge in [-0.05, 0) is 34.1 Å². The Hall–Kier alpha value is -1.40. The highest BCUT2D eigenvalue weighted by molar-refractivity contribution is 9.10. The molecule has 0 aliphatic carbocycles. The number of hydrogen-bond acceptors (Lipinski definition) is 2. The Morgan fingerprint density at radius 1 is 1.29 bits per heavy atom. The molecule has 7 heteroatoms. The van der Waals surface area contributed by atoms with Gasteiger partial charge in [-0.25, -0.2) is 13.8 Å². The molecule has 88 valence electrons. The van der Waals surface area contributed by atoms with Crippen LogP contribution in [0.3, 0.4) is 0 Å². The summed E-state index contributed by atoms with van der Waals surface area (Å²) in [5.74, 6) is -0.551. The van der Waals surface area contributed by atoms with Crippen molar-refractivity contribution in [3.63, 3.8) is 0 Å². The average Bonchev–Trinajstić information content (AvgIpc) is 2.21. The van der Waals surface area contributed by atoms with Gasteiger partial charge >= 0.3 is 5.69 Å². The first-order chi connectivity index (χ1) is 7.99. The largest absolute Gasteiger partial charge is 0.334 e. The maximum atomic E-state index is 13.1. The third-order valence-corrected chi connectivity index (χ3v) is 2.92. The van der Waals surface area contributed by atoms with Crippen molar-refractivity contribution in [3.8, 4) is 5.69 Å². The molecule has 2 rings (SSSR count). The molecule has 1 aromatic carbocycles. The smallest absolute Gasteiger partial charge is 0.297 e. The van der Waals surface area contributed by atoms with Crippen molar-refractivity contribution >= 4 is 27.5 Å². The second-order valence-corrected chi connectivity index (χ2v) is 4.45. The van der Waals surface area contributed by atoms with Crippen molar-refractivity contribution in [2.75, 3.05) is 0 Å². The van der Waals surface area contributed by atoms with Gasteiger partial charge in [0.1, 0.15) is 11.0 Å². The van der Waals surface area contributed by atoms with Gasteiger partial charge < -0.3 is 0 Å². The zero-order valence-electron chi connectivity index (χ0n) is 8.21. The molecule has 2 aromatic rings. The molecule has 0 bridgehead atoms. The standard InChI is InChI=1S/C10H5BrClFN2O2/c11-6-2-1-5(13)3-7(6)15-9(16)4-8(12)14-10(15)17/h1-4H,(H,14,17). The number of hydrogen-bond donors (Lipinski definition) is 1. The number of benzene rings is 1. The van der Waals surface area contributed by atoms with E-state index in [0.29, 0.717) is 4.47 Å². The van der Waals surface area contributed by atoms with E-state index >= 15 is 0 Å². The van der Waals surface area contributed by atoms with Gasteiger partial charge in [0.25, 0.3) is 5.56 Å². The number of nitrogens with one attached hydrogen (secondary N) is 1. The van der Waals surface area contributed by atoms with Crippen LogP contribution in [0.4, 0.5) is 4.39 Å². The summed E-state index contributed by atoms with van der Waals surface area (Å²) >= 11 is 8.67. The van der Waals surface area contributed by atoms with Gasteiger partial charge in [0.15, 0.2) is 0 Å². The van der Waals surface area contributed by atoms with Gasteiger partial charge in [0.2, 0.25) is 0 Å². The fourth-order valence-electron chi connectivity index (χ4n) is 1.35. The van der Waals surface area contributed by atoms with Crippen molar-refractivity contribution in [1.82, 2.24) is 9.55 Å². The molecule has 0 aliphatic rings. The lowest BCUT2D eigenvalue weighted by Crippen LogP contribution is -2.33. The fourth-order valence-corrected chi connectivity index (χ4v) is 1.95. The highest BCUT2D eigenvalue weighted by Crippen LogP contribution is 2.19. The second-order valence-electron chi connectivity index (χ2n) is 3.19. The third kappa shape index (κ3) is 2.32. The van der Waals surface area contributed by atoms with Gasteiger partial charge in [-0.1, -0.05) is 11.6 Å². The molecule has 0 aliphatic heterocycles. The molecule has 1 aromatic heterocycles. The molecule has 0 fully saturated rings. The summed E-state index contributed by atoms with van der Waals surface area (Å²) < 4.78 is 14.3. The Labute approximate surface area is 108 Å². The van der Waals surface area contributed by atoms with Crippen LogP contribution in [-0.2, 0) is 0 Å². The molecule has 4 nitrogen and oxygen atoms in total. The number of aromatic amines is 1. The normalized spacial score (nSPS) is 10.5. The Morgan fingerprint density at radius 2 is 2.00 bits per heavy atom. The van der Waals surface area contributed by atoms with E-state index in [1.165, 1.54) is 12.1 Å². The summed E-state index contributed by atoms with van der Waals surface area (Å²) in [7, 11) is 0. The summed E-state index contributed by atoms with van der Waals surface area (Å²) in [6.45, 7) is 0. The van der Waals surface area contributed by atoms with E-state index in [-0.39, 0.29) is 10.8 Å². The van der Waals surface area contributed by atoms with Crippen molar-refractivity contribution in [3.05, 3.63) is 60.5 Å². The van der Waals surface area contributed by atoms with E-state index in [1.54, 1.807) is 0 Å². The lowest BCUT2D eigenvalue weighted by molar-refractivity contribution is 0.625. The Kier molecular flexibility index (Phi) is 3.17. The van der Waals surface area contributed by atoms with Gasteiger partial charge in [-0.3, -0.25) is 9.78 Å². The molecule has 1 heterocycles. The highest BCUT2D eigenvalue weighted by atomic mass is 79.9. The average molecular weight is 320 g/mol. The minimum atomic E-state index is -0.728. The molecule has 0 spiro atoms. The Balaban J connectivity index is 2.82. The van der Waals surface area contributed by atoms with Gasteiger partial charge in [0, 0.05) is 10.5 Å². The molecule has 0 radical (unpaired) electrons. The predicted molar refractivity (Wildman–Crippen MR) is 65.3 cm³/mol. The summed E-state index contributed by atoms with van der Waals surface area (Å²) in [6, 6.07) is 4.74. The topological polar surface area (TPSA) is 54.9 Å². The number of aromatic nitrogens is 2. The zero-order valence-corrected chi connectivity index (χ0v) is 10.5. The summed E-state index contributed by atoms with van der Waals surface area (Å²) in [4.78, 5) is 25.5. The highest BCUT2D eigenvalue weighted by Gasteiger charge is 2.10. The van der Waals surface area contributed by atoms with Crippen molar-refractivity contribution in [2.24, 2.45) is 0 Å². The predicted octanol–water partition coefficient (Wildman–Crippen LogP) is 2.08. The molecule has 0 saturated carbocycles. The van der Waals surface area contributed by atoms with Gasteiger partial charge in [-0.15, -0.1) is 0 Å². The van der Waals surface area contributed by atoms with Crippen LogP contribution < -0.4 is 11.2 Å². The molecule has 1 N–H and O–H groups in total. The third-order valence-electron chi connectivity index (χ3n) is 2.05. The molecular weight excluding hydrogens is 314 g/mol. The van der Waals surface area contributed by atoms with Crippen LogP contribution in [0.5, 0.6) is 0 Å². The molecule has 0 saturated heterocycles. The quantitative estimate of drug-likeness (QED) is 0.818. The maximum absolute atomic E-state index is 13.1. The molecular formula is C10H5BrClFN2O2. The Morgan fingerprint density at radius 3 is 2.65 bits per heavy atom. The van der Waals surface area contributed by atoms with E-state index in [0.717, 1.165) is 16.7 Å². The molecule has 0 atom stereocenters.